The van der Waals surface area contributed by atoms with Crippen LogP contribution in [-0.2, 0) is 4.79 Å². The Morgan fingerprint density at radius 1 is 1.00 bits per heavy atom. The summed E-state index contributed by atoms with van der Waals surface area (Å²) in [6.07, 6.45) is 6.41. The summed E-state index contributed by atoms with van der Waals surface area (Å²) in [7, 11) is 0. The minimum Gasteiger partial charge on any atom is -0.478 e. The second-order valence-corrected chi connectivity index (χ2v) is 4.82. The van der Waals surface area contributed by atoms with Crippen LogP contribution in [0.3, 0.4) is 0 Å². The van der Waals surface area contributed by atoms with Crippen molar-refractivity contribution < 1.29 is 9.90 Å². The van der Waals surface area contributed by atoms with Gasteiger partial charge in [-0.2, -0.15) is 0 Å². The first-order valence-electron chi connectivity index (χ1n) is 7.26. The highest BCUT2D eigenvalue weighted by atomic mass is 16.4. The van der Waals surface area contributed by atoms with E-state index in [1.54, 1.807) is 6.92 Å². The van der Waals surface area contributed by atoms with E-state index in [0.717, 1.165) is 57.3 Å². The molecule has 3 heteroatoms. The Balaban J connectivity index is 4.94. The van der Waals surface area contributed by atoms with Gasteiger partial charge in [-0.3, -0.25) is 0 Å². The molecule has 0 radical (unpaired) electrons. The second kappa shape index (κ2) is 9.98. The lowest BCUT2D eigenvalue weighted by atomic mass is 10.1. The molecule has 0 rings (SSSR count). The Hall–Kier alpha value is -0.990. The molecule has 18 heavy (non-hydrogen) atoms. The van der Waals surface area contributed by atoms with E-state index < -0.39 is 5.97 Å². The van der Waals surface area contributed by atoms with Gasteiger partial charge in [-0.05, 0) is 26.2 Å². The van der Waals surface area contributed by atoms with Gasteiger partial charge in [0.2, 0.25) is 0 Å². The molecule has 0 aromatic carbocycles. The molecule has 0 atom stereocenters. The van der Waals surface area contributed by atoms with Gasteiger partial charge in [0.05, 0.1) is 5.57 Å². The van der Waals surface area contributed by atoms with E-state index in [9.17, 15) is 9.90 Å². The number of unbranched alkanes of at least 4 members (excludes halogenated alkanes) is 2. The quantitative estimate of drug-likeness (QED) is 0.599. The van der Waals surface area contributed by atoms with Gasteiger partial charge in [0.1, 0.15) is 0 Å². The Labute approximate surface area is 112 Å². The molecule has 0 amide bonds. The summed E-state index contributed by atoms with van der Waals surface area (Å²) < 4.78 is 0. The fourth-order valence-electron chi connectivity index (χ4n) is 2.02. The van der Waals surface area contributed by atoms with E-state index in [-0.39, 0.29) is 0 Å². The van der Waals surface area contributed by atoms with Crippen LogP contribution < -0.4 is 0 Å². The maximum absolute atomic E-state index is 11.2. The van der Waals surface area contributed by atoms with E-state index in [4.69, 9.17) is 0 Å². The third-order valence-electron chi connectivity index (χ3n) is 3.19. The second-order valence-electron chi connectivity index (χ2n) is 4.82. The van der Waals surface area contributed by atoms with Crippen LogP contribution in [0.1, 0.15) is 66.2 Å². The van der Waals surface area contributed by atoms with Crippen molar-refractivity contribution in [3.8, 4) is 0 Å². The molecule has 1 N–H and O–H groups in total. The summed E-state index contributed by atoms with van der Waals surface area (Å²) in [5.74, 6) is -0.781. The SMILES string of the molecule is CCCCN(CCCC)C(CCC)=C(C)C(=O)O. The lowest BCUT2D eigenvalue weighted by Gasteiger charge is -2.28. The molecule has 0 aliphatic heterocycles. The number of nitrogens with zero attached hydrogens (tertiary/aromatic N) is 1. The molecule has 0 aromatic heterocycles. The summed E-state index contributed by atoms with van der Waals surface area (Å²) >= 11 is 0. The van der Waals surface area contributed by atoms with Crippen molar-refractivity contribution >= 4 is 5.97 Å². The number of aliphatic carboxylic acids is 1. The zero-order valence-electron chi connectivity index (χ0n) is 12.5. The number of allylic oxidation sites excluding steroid dienone is 1. The van der Waals surface area contributed by atoms with E-state index >= 15 is 0 Å². The average Bonchev–Trinajstić information content (AvgIpc) is 2.36. The van der Waals surface area contributed by atoms with Crippen LogP contribution in [-0.4, -0.2) is 29.1 Å². The predicted molar refractivity (Wildman–Crippen MR) is 76.6 cm³/mol. The molecular formula is C15H29NO2. The highest BCUT2D eigenvalue weighted by Gasteiger charge is 2.15. The number of rotatable bonds is 10. The van der Waals surface area contributed by atoms with Gasteiger partial charge >= 0.3 is 5.97 Å². The molecule has 0 spiro atoms. The largest absolute Gasteiger partial charge is 0.478 e. The normalized spacial score (nSPS) is 12.2. The van der Waals surface area contributed by atoms with Gasteiger partial charge in [-0.15, -0.1) is 0 Å². The lowest BCUT2D eigenvalue weighted by molar-refractivity contribution is -0.132. The van der Waals surface area contributed by atoms with Crippen LogP contribution in [0.4, 0.5) is 0 Å². The first kappa shape index (κ1) is 17.0. The molecule has 0 saturated carbocycles. The molecule has 0 bridgehead atoms. The van der Waals surface area contributed by atoms with Gasteiger partial charge in [0.25, 0.3) is 0 Å². The number of carboxylic acids is 1. The number of carbonyl (C=O) groups is 1. The van der Waals surface area contributed by atoms with Gasteiger partial charge in [-0.25, -0.2) is 4.79 Å². The van der Waals surface area contributed by atoms with Crippen molar-refractivity contribution in [1.29, 1.82) is 0 Å². The molecule has 0 heterocycles. The molecule has 106 valence electrons. The molecule has 0 unspecified atom stereocenters. The van der Waals surface area contributed by atoms with Gasteiger partial charge in [0, 0.05) is 18.8 Å². The van der Waals surface area contributed by atoms with Crippen molar-refractivity contribution in [3.63, 3.8) is 0 Å². The third-order valence-corrected chi connectivity index (χ3v) is 3.19. The smallest absolute Gasteiger partial charge is 0.333 e. The average molecular weight is 255 g/mol. The van der Waals surface area contributed by atoms with Gasteiger partial charge < -0.3 is 10.0 Å². The van der Waals surface area contributed by atoms with Gasteiger partial charge in [-0.1, -0.05) is 40.0 Å². The molecule has 0 fully saturated rings. The molecule has 0 aliphatic rings. The van der Waals surface area contributed by atoms with Crippen molar-refractivity contribution in [2.24, 2.45) is 0 Å². The third kappa shape index (κ3) is 6.08. The zero-order chi connectivity index (χ0) is 14.0. The minimum absolute atomic E-state index is 0.518. The summed E-state index contributed by atoms with van der Waals surface area (Å²) in [6.45, 7) is 10.1. The van der Waals surface area contributed by atoms with Crippen molar-refractivity contribution in [1.82, 2.24) is 4.90 Å². The Kier molecular flexibility index (Phi) is 9.43. The molecule has 0 aliphatic carbocycles. The van der Waals surface area contributed by atoms with Crippen LogP contribution >= 0.6 is 0 Å². The van der Waals surface area contributed by atoms with Crippen LogP contribution in [0.5, 0.6) is 0 Å². The van der Waals surface area contributed by atoms with Crippen molar-refractivity contribution in [2.45, 2.75) is 66.2 Å². The lowest BCUT2D eigenvalue weighted by Crippen LogP contribution is -2.27. The first-order valence-corrected chi connectivity index (χ1v) is 7.26. The van der Waals surface area contributed by atoms with Crippen molar-refractivity contribution in [2.75, 3.05) is 13.1 Å². The Morgan fingerprint density at radius 2 is 1.50 bits per heavy atom. The topological polar surface area (TPSA) is 40.5 Å². The summed E-state index contributed by atoms with van der Waals surface area (Å²) in [6, 6.07) is 0. The summed E-state index contributed by atoms with van der Waals surface area (Å²) in [5, 5.41) is 9.19. The van der Waals surface area contributed by atoms with E-state index in [0.29, 0.717) is 5.57 Å². The monoisotopic (exact) mass is 255 g/mol. The summed E-state index contributed by atoms with van der Waals surface area (Å²) in [4.78, 5) is 13.5. The zero-order valence-corrected chi connectivity index (χ0v) is 12.5. The standard InChI is InChI=1S/C15H29NO2/c1-5-8-11-16(12-9-6-2)14(10-7-3)13(4)15(17)18/h5-12H2,1-4H3,(H,17,18). The Morgan fingerprint density at radius 3 is 1.83 bits per heavy atom. The van der Waals surface area contributed by atoms with Crippen LogP contribution in [0.25, 0.3) is 0 Å². The van der Waals surface area contributed by atoms with E-state index in [1.807, 2.05) is 0 Å². The molecule has 3 nitrogen and oxygen atoms in total. The van der Waals surface area contributed by atoms with Crippen LogP contribution in [0, 0.1) is 0 Å². The van der Waals surface area contributed by atoms with Crippen LogP contribution in [0.15, 0.2) is 11.3 Å². The highest BCUT2D eigenvalue weighted by molar-refractivity contribution is 5.86. The van der Waals surface area contributed by atoms with Crippen molar-refractivity contribution in [3.05, 3.63) is 11.3 Å². The van der Waals surface area contributed by atoms with Gasteiger partial charge in [0.15, 0.2) is 0 Å². The predicted octanol–water partition coefficient (Wildman–Crippen LogP) is 4.05. The highest BCUT2D eigenvalue weighted by Crippen LogP contribution is 2.18. The van der Waals surface area contributed by atoms with E-state index in [2.05, 4.69) is 25.7 Å². The van der Waals surface area contributed by atoms with Crippen LogP contribution in [0.2, 0.25) is 0 Å². The first-order chi connectivity index (χ1) is 8.58. The maximum Gasteiger partial charge on any atom is 0.333 e. The molecule has 0 aromatic rings. The molecular weight excluding hydrogens is 226 g/mol. The fourth-order valence-corrected chi connectivity index (χ4v) is 2.02. The number of carboxylic acid groups (broad SMARTS) is 1. The summed E-state index contributed by atoms with van der Waals surface area (Å²) in [5.41, 5.74) is 1.55. The van der Waals surface area contributed by atoms with E-state index in [1.165, 1.54) is 0 Å². The number of hydrogen-bond donors (Lipinski definition) is 1. The minimum atomic E-state index is -0.781. The molecule has 0 saturated heterocycles. The number of hydrogen-bond acceptors (Lipinski definition) is 2. The Bertz CT molecular complexity index is 264. The fraction of sp³-hybridized carbons (Fsp3) is 0.800. The maximum atomic E-state index is 11.2.